The molecule has 0 aliphatic heterocycles. The summed E-state index contributed by atoms with van der Waals surface area (Å²) < 4.78 is 26.1. The smallest absolute Gasteiger partial charge is 0.239 e. The fourth-order valence-corrected chi connectivity index (χ4v) is 4.93. The summed E-state index contributed by atoms with van der Waals surface area (Å²) in [7, 11) is -3.88. The SMILES string of the molecule is CCCn1nnc2c(C)c(S(N)(=O)=O)c(Sc3ccccc3)cc21. The van der Waals surface area contributed by atoms with Gasteiger partial charge in [0.2, 0.25) is 10.0 Å². The standard InChI is InChI=1S/C16H18N4O2S2/c1-3-9-20-13-10-14(23-12-7-5-4-6-8-12)16(24(17,21)22)11(2)15(13)18-19-20/h4-8,10H,3,9H2,1-2H3,(H2,17,21,22). The first-order valence-corrected chi connectivity index (χ1v) is 9.90. The number of sulfonamides is 1. The second kappa shape index (κ2) is 6.54. The largest absolute Gasteiger partial charge is 0.245 e. The highest BCUT2D eigenvalue weighted by Crippen LogP contribution is 2.37. The molecule has 0 aliphatic carbocycles. The highest BCUT2D eigenvalue weighted by atomic mass is 32.2. The third-order valence-electron chi connectivity index (χ3n) is 3.65. The van der Waals surface area contributed by atoms with E-state index in [1.807, 2.05) is 36.4 Å². The number of primary sulfonamides is 1. The van der Waals surface area contributed by atoms with Crippen LogP contribution in [0.5, 0.6) is 0 Å². The summed E-state index contributed by atoms with van der Waals surface area (Å²) in [5.74, 6) is 0. The summed E-state index contributed by atoms with van der Waals surface area (Å²) in [5.41, 5.74) is 1.93. The molecule has 2 aromatic carbocycles. The number of nitrogens with zero attached hydrogens (tertiary/aromatic N) is 3. The Bertz CT molecular complexity index is 982. The normalized spacial score (nSPS) is 12.0. The number of hydrogen-bond donors (Lipinski definition) is 1. The van der Waals surface area contributed by atoms with Gasteiger partial charge in [0.15, 0.2) is 0 Å². The van der Waals surface area contributed by atoms with Crippen molar-refractivity contribution in [3.63, 3.8) is 0 Å². The molecule has 0 aliphatic rings. The average Bonchev–Trinajstić information content (AvgIpc) is 2.91. The van der Waals surface area contributed by atoms with Gasteiger partial charge in [-0.3, -0.25) is 0 Å². The molecule has 0 amide bonds. The second-order valence-corrected chi connectivity index (χ2v) is 8.08. The lowest BCUT2D eigenvalue weighted by molar-refractivity contribution is 0.594. The molecule has 2 N–H and O–H groups in total. The van der Waals surface area contributed by atoms with Crippen molar-refractivity contribution in [2.24, 2.45) is 5.14 Å². The third-order valence-corrected chi connectivity index (χ3v) is 5.93. The Kier molecular flexibility index (Phi) is 4.62. The minimum atomic E-state index is -3.88. The van der Waals surface area contributed by atoms with Crippen LogP contribution in [0.1, 0.15) is 18.9 Å². The minimum absolute atomic E-state index is 0.118. The van der Waals surface area contributed by atoms with Gasteiger partial charge in [-0.25, -0.2) is 18.2 Å². The highest BCUT2D eigenvalue weighted by Gasteiger charge is 2.23. The summed E-state index contributed by atoms with van der Waals surface area (Å²) in [6.07, 6.45) is 0.912. The van der Waals surface area contributed by atoms with Gasteiger partial charge in [-0.1, -0.05) is 42.1 Å². The van der Waals surface area contributed by atoms with Crippen LogP contribution < -0.4 is 5.14 Å². The maximum Gasteiger partial charge on any atom is 0.239 e. The van der Waals surface area contributed by atoms with Crippen LogP contribution in [-0.4, -0.2) is 23.4 Å². The van der Waals surface area contributed by atoms with Crippen LogP contribution in [0.2, 0.25) is 0 Å². The Morgan fingerprint density at radius 1 is 1.25 bits per heavy atom. The zero-order valence-corrected chi connectivity index (χ0v) is 15.1. The summed E-state index contributed by atoms with van der Waals surface area (Å²) in [6, 6.07) is 11.4. The van der Waals surface area contributed by atoms with Crippen molar-refractivity contribution in [1.82, 2.24) is 15.0 Å². The van der Waals surface area contributed by atoms with Crippen molar-refractivity contribution in [2.45, 2.75) is 41.5 Å². The van der Waals surface area contributed by atoms with E-state index in [9.17, 15) is 8.42 Å². The molecule has 0 atom stereocenters. The number of nitrogens with two attached hydrogens (primary N) is 1. The summed E-state index contributed by atoms with van der Waals surface area (Å²) in [4.78, 5) is 1.65. The van der Waals surface area contributed by atoms with Gasteiger partial charge < -0.3 is 0 Å². The number of fused-ring (bicyclic) bond motifs is 1. The van der Waals surface area contributed by atoms with Crippen LogP contribution in [0.4, 0.5) is 0 Å². The molecule has 0 bridgehead atoms. The van der Waals surface area contributed by atoms with Crippen molar-refractivity contribution < 1.29 is 8.42 Å². The van der Waals surface area contributed by atoms with E-state index >= 15 is 0 Å². The predicted molar refractivity (Wildman–Crippen MR) is 94.5 cm³/mol. The Morgan fingerprint density at radius 3 is 2.58 bits per heavy atom. The molecule has 3 rings (SSSR count). The first kappa shape index (κ1) is 16.9. The topological polar surface area (TPSA) is 90.9 Å². The predicted octanol–water partition coefficient (Wildman–Crippen LogP) is 2.95. The molecule has 1 aromatic heterocycles. The molecule has 0 spiro atoms. The van der Waals surface area contributed by atoms with Crippen molar-refractivity contribution in [3.8, 4) is 0 Å². The van der Waals surface area contributed by atoms with Crippen LogP contribution in [-0.2, 0) is 16.6 Å². The van der Waals surface area contributed by atoms with Gasteiger partial charge in [0.1, 0.15) is 10.4 Å². The molecular formula is C16H18N4O2S2. The molecule has 0 saturated carbocycles. The van der Waals surface area contributed by atoms with E-state index in [0.29, 0.717) is 16.0 Å². The van der Waals surface area contributed by atoms with Crippen molar-refractivity contribution >= 4 is 32.8 Å². The van der Waals surface area contributed by atoms with E-state index in [1.54, 1.807) is 11.6 Å². The van der Waals surface area contributed by atoms with Gasteiger partial charge in [0, 0.05) is 21.9 Å². The molecule has 0 fully saturated rings. The lowest BCUT2D eigenvalue weighted by Crippen LogP contribution is -2.15. The van der Waals surface area contributed by atoms with E-state index in [4.69, 9.17) is 5.14 Å². The zero-order valence-electron chi connectivity index (χ0n) is 13.4. The van der Waals surface area contributed by atoms with Crippen molar-refractivity contribution in [2.75, 3.05) is 0 Å². The van der Waals surface area contributed by atoms with Crippen LogP contribution in [0.15, 0.2) is 51.1 Å². The molecule has 3 aromatic rings. The van der Waals surface area contributed by atoms with Gasteiger partial charge in [-0.05, 0) is 31.5 Å². The van der Waals surface area contributed by atoms with E-state index in [2.05, 4.69) is 17.2 Å². The Balaban J connectivity index is 2.25. The van der Waals surface area contributed by atoms with Crippen LogP contribution >= 0.6 is 11.8 Å². The van der Waals surface area contributed by atoms with Crippen molar-refractivity contribution in [1.29, 1.82) is 0 Å². The Labute approximate surface area is 145 Å². The van der Waals surface area contributed by atoms with E-state index in [1.165, 1.54) is 11.8 Å². The van der Waals surface area contributed by atoms with E-state index < -0.39 is 10.0 Å². The fraction of sp³-hybridized carbons (Fsp3) is 0.250. The van der Waals surface area contributed by atoms with Crippen molar-refractivity contribution in [3.05, 3.63) is 42.0 Å². The zero-order chi connectivity index (χ0) is 17.3. The van der Waals surface area contributed by atoms with Gasteiger partial charge in [0.25, 0.3) is 0 Å². The van der Waals surface area contributed by atoms with Crippen LogP contribution in [0, 0.1) is 6.92 Å². The maximum atomic E-state index is 12.2. The first-order valence-electron chi connectivity index (χ1n) is 7.54. The van der Waals surface area contributed by atoms with Gasteiger partial charge in [-0.2, -0.15) is 0 Å². The number of aromatic nitrogens is 3. The number of rotatable bonds is 5. The summed E-state index contributed by atoms with van der Waals surface area (Å²) in [6.45, 7) is 4.50. The lowest BCUT2D eigenvalue weighted by atomic mass is 10.2. The summed E-state index contributed by atoms with van der Waals surface area (Å²) >= 11 is 1.37. The monoisotopic (exact) mass is 362 g/mol. The first-order chi connectivity index (χ1) is 11.4. The average molecular weight is 362 g/mol. The molecule has 126 valence electrons. The molecule has 24 heavy (non-hydrogen) atoms. The van der Waals surface area contributed by atoms with Crippen LogP contribution in [0.25, 0.3) is 11.0 Å². The molecule has 6 nitrogen and oxygen atoms in total. The van der Waals surface area contributed by atoms with Gasteiger partial charge in [-0.15, -0.1) is 5.10 Å². The number of aryl methyl sites for hydroxylation is 2. The quantitative estimate of drug-likeness (QED) is 0.753. The fourth-order valence-electron chi connectivity index (χ4n) is 2.63. The lowest BCUT2D eigenvalue weighted by Gasteiger charge is -2.12. The highest BCUT2D eigenvalue weighted by molar-refractivity contribution is 8.00. The molecule has 0 radical (unpaired) electrons. The van der Waals surface area contributed by atoms with Crippen LogP contribution in [0.3, 0.4) is 0 Å². The Morgan fingerprint density at radius 2 is 1.96 bits per heavy atom. The second-order valence-electron chi connectivity index (χ2n) is 5.47. The minimum Gasteiger partial charge on any atom is -0.245 e. The number of hydrogen-bond acceptors (Lipinski definition) is 5. The number of benzene rings is 2. The summed E-state index contributed by atoms with van der Waals surface area (Å²) in [5, 5.41) is 13.8. The van der Waals surface area contributed by atoms with E-state index in [0.717, 1.165) is 23.4 Å². The molecule has 8 heteroatoms. The Hall–Kier alpha value is -1.90. The molecule has 1 heterocycles. The molecule has 0 saturated heterocycles. The van der Waals surface area contributed by atoms with Gasteiger partial charge >= 0.3 is 0 Å². The van der Waals surface area contributed by atoms with E-state index in [-0.39, 0.29) is 4.90 Å². The molecular weight excluding hydrogens is 344 g/mol. The molecule has 0 unspecified atom stereocenters. The maximum absolute atomic E-state index is 12.2. The van der Waals surface area contributed by atoms with Gasteiger partial charge in [0.05, 0.1) is 5.52 Å². The third kappa shape index (κ3) is 3.17.